The fourth-order valence-electron chi connectivity index (χ4n) is 2.61. The Balaban J connectivity index is 1.55. The Hall–Kier alpha value is -2.37. The van der Waals surface area contributed by atoms with Gasteiger partial charge >= 0.3 is 0 Å². The van der Waals surface area contributed by atoms with E-state index in [1.165, 1.54) is 4.90 Å². The monoisotopic (exact) mass is 315 g/mol. The summed E-state index contributed by atoms with van der Waals surface area (Å²) in [5.41, 5.74) is 2.87. The van der Waals surface area contributed by atoms with Crippen LogP contribution in [0.25, 0.3) is 0 Å². The average Bonchev–Trinajstić information content (AvgIpc) is 3.20. The van der Waals surface area contributed by atoms with Crippen molar-refractivity contribution >= 4 is 17.5 Å². The molecule has 2 amide bonds. The van der Waals surface area contributed by atoms with E-state index in [9.17, 15) is 9.59 Å². The summed E-state index contributed by atoms with van der Waals surface area (Å²) in [5, 5.41) is 6.93. The molecule has 1 saturated carbocycles. The lowest BCUT2D eigenvalue weighted by Crippen LogP contribution is -2.43. The molecule has 1 aromatic carbocycles. The van der Waals surface area contributed by atoms with Crippen LogP contribution < -0.4 is 5.32 Å². The molecule has 1 aliphatic carbocycles. The van der Waals surface area contributed by atoms with Gasteiger partial charge in [-0.1, -0.05) is 29.4 Å². The molecule has 1 aromatic rings. The Labute approximate surface area is 135 Å². The molecular formula is C17H21N3O3. The second-order valence-electron chi connectivity index (χ2n) is 6.19. The molecule has 1 aliphatic heterocycles. The Bertz CT molecular complexity index is 652. The Kier molecular flexibility index (Phi) is 4.32. The number of hydrogen-bond donors (Lipinski definition) is 1. The molecule has 6 nitrogen and oxygen atoms in total. The maximum absolute atomic E-state index is 12.4. The van der Waals surface area contributed by atoms with Crippen LogP contribution in [0.5, 0.6) is 0 Å². The highest BCUT2D eigenvalue weighted by molar-refractivity contribution is 6.05. The van der Waals surface area contributed by atoms with Gasteiger partial charge in [0.25, 0.3) is 5.91 Å². The van der Waals surface area contributed by atoms with Gasteiger partial charge < -0.3 is 15.1 Å². The number of rotatable bonds is 5. The van der Waals surface area contributed by atoms with Gasteiger partial charge in [-0.25, -0.2) is 0 Å². The Morgan fingerprint density at radius 1 is 1.35 bits per heavy atom. The number of aryl methyl sites for hydroxylation is 1. The van der Waals surface area contributed by atoms with Crippen LogP contribution in [-0.4, -0.2) is 48.2 Å². The molecule has 6 heteroatoms. The summed E-state index contributed by atoms with van der Waals surface area (Å²) in [6.45, 7) is 2.05. The van der Waals surface area contributed by atoms with E-state index in [-0.39, 0.29) is 18.4 Å². The van der Waals surface area contributed by atoms with Crippen LogP contribution in [-0.2, 0) is 14.4 Å². The predicted molar refractivity (Wildman–Crippen MR) is 86.0 cm³/mol. The molecule has 1 atom stereocenters. The zero-order valence-corrected chi connectivity index (χ0v) is 13.4. The van der Waals surface area contributed by atoms with Crippen LogP contribution in [0.15, 0.2) is 29.4 Å². The van der Waals surface area contributed by atoms with Crippen molar-refractivity contribution in [3.63, 3.8) is 0 Å². The number of likely N-dealkylation sites (N-methyl/N-ethyl adjacent to an activating group) is 1. The summed E-state index contributed by atoms with van der Waals surface area (Å²) in [6.07, 6.45) is 1.84. The molecule has 0 spiro atoms. The van der Waals surface area contributed by atoms with E-state index < -0.39 is 6.10 Å². The normalized spacial score (nSPS) is 19.7. The van der Waals surface area contributed by atoms with Crippen molar-refractivity contribution in [3.05, 3.63) is 35.4 Å². The van der Waals surface area contributed by atoms with Gasteiger partial charge in [0, 0.05) is 25.1 Å². The molecule has 122 valence electrons. The van der Waals surface area contributed by atoms with Gasteiger partial charge in [0.2, 0.25) is 12.0 Å². The molecule has 1 N–H and O–H groups in total. The number of nitrogens with one attached hydrogen (secondary N) is 1. The lowest BCUT2D eigenvalue weighted by molar-refractivity contribution is -0.143. The summed E-state index contributed by atoms with van der Waals surface area (Å²) < 4.78 is 0. The van der Waals surface area contributed by atoms with Gasteiger partial charge in [-0.3, -0.25) is 9.59 Å². The third-order valence-corrected chi connectivity index (χ3v) is 4.10. The summed E-state index contributed by atoms with van der Waals surface area (Å²) in [7, 11) is 1.62. The predicted octanol–water partition coefficient (Wildman–Crippen LogP) is 1.23. The second kappa shape index (κ2) is 6.40. The highest BCUT2D eigenvalue weighted by atomic mass is 16.6. The number of benzene rings is 1. The van der Waals surface area contributed by atoms with Crippen molar-refractivity contribution < 1.29 is 14.4 Å². The van der Waals surface area contributed by atoms with Crippen molar-refractivity contribution in [1.29, 1.82) is 0 Å². The zero-order chi connectivity index (χ0) is 16.4. The minimum absolute atomic E-state index is 0.0505. The number of oxime groups is 1. The summed E-state index contributed by atoms with van der Waals surface area (Å²) in [5.74, 6) is -0.343. The van der Waals surface area contributed by atoms with E-state index >= 15 is 0 Å². The Morgan fingerprint density at radius 3 is 2.78 bits per heavy atom. The largest absolute Gasteiger partial charge is 0.382 e. The van der Waals surface area contributed by atoms with Crippen molar-refractivity contribution in [2.45, 2.75) is 38.3 Å². The van der Waals surface area contributed by atoms with E-state index in [4.69, 9.17) is 4.84 Å². The number of hydrogen-bond acceptors (Lipinski definition) is 4. The quantitative estimate of drug-likeness (QED) is 0.888. The van der Waals surface area contributed by atoms with E-state index in [2.05, 4.69) is 10.5 Å². The average molecular weight is 315 g/mol. The van der Waals surface area contributed by atoms with E-state index in [1.807, 2.05) is 31.2 Å². The van der Waals surface area contributed by atoms with Crippen molar-refractivity contribution in [3.8, 4) is 0 Å². The smallest absolute Gasteiger partial charge is 0.267 e. The highest BCUT2D eigenvalue weighted by Gasteiger charge is 2.32. The third-order valence-electron chi connectivity index (χ3n) is 4.10. The molecule has 0 unspecified atom stereocenters. The molecule has 1 fully saturated rings. The molecule has 3 rings (SSSR count). The van der Waals surface area contributed by atoms with Crippen molar-refractivity contribution in [2.24, 2.45) is 5.16 Å². The lowest BCUT2D eigenvalue weighted by Gasteiger charge is -2.19. The van der Waals surface area contributed by atoms with Gasteiger partial charge in [-0.2, -0.15) is 0 Å². The SMILES string of the molecule is Cc1ccccc1C1=NO[C@H](C(=O)N(C)CC(=O)NC2CC2)C1. The van der Waals surface area contributed by atoms with Crippen LogP contribution >= 0.6 is 0 Å². The molecule has 0 saturated heterocycles. The van der Waals surface area contributed by atoms with Crippen molar-refractivity contribution in [2.75, 3.05) is 13.6 Å². The van der Waals surface area contributed by atoms with Crippen molar-refractivity contribution in [1.82, 2.24) is 10.2 Å². The topological polar surface area (TPSA) is 71.0 Å². The maximum Gasteiger partial charge on any atom is 0.267 e. The molecule has 0 bridgehead atoms. The minimum atomic E-state index is -0.650. The van der Waals surface area contributed by atoms with E-state index in [1.54, 1.807) is 7.05 Å². The van der Waals surface area contributed by atoms with Gasteiger partial charge in [0.1, 0.15) is 0 Å². The standard InChI is InChI=1S/C17H21N3O3/c1-11-5-3-4-6-13(11)14-9-15(23-19-14)17(22)20(2)10-16(21)18-12-7-8-12/h3-6,12,15H,7-10H2,1-2H3,(H,18,21)/t15-/m0/s1. The van der Waals surface area contributed by atoms with E-state index in [0.717, 1.165) is 29.7 Å². The highest BCUT2D eigenvalue weighted by Crippen LogP contribution is 2.21. The molecule has 23 heavy (non-hydrogen) atoms. The van der Waals surface area contributed by atoms with Crippen LogP contribution in [0.2, 0.25) is 0 Å². The lowest BCUT2D eigenvalue weighted by atomic mass is 10.00. The fraction of sp³-hybridized carbons (Fsp3) is 0.471. The maximum atomic E-state index is 12.4. The first-order valence-electron chi connectivity index (χ1n) is 7.87. The van der Waals surface area contributed by atoms with Gasteiger partial charge in [-0.15, -0.1) is 0 Å². The number of amides is 2. The second-order valence-corrected chi connectivity index (χ2v) is 6.19. The van der Waals surface area contributed by atoms with Gasteiger partial charge in [0.15, 0.2) is 0 Å². The molecule has 1 heterocycles. The number of carbonyl (C=O) groups is 2. The first-order valence-corrected chi connectivity index (χ1v) is 7.87. The van der Waals surface area contributed by atoms with Crippen LogP contribution in [0.3, 0.4) is 0 Å². The third kappa shape index (κ3) is 3.70. The number of carbonyl (C=O) groups excluding carboxylic acids is 2. The summed E-state index contributed by atoms with van der Waals surface area (Å²) >= 11 is 0. The number of nitrogens with zero attached hydrogens (tertiary/aromatic N) is 2. The van der Waals surface area contributed by atoms with Crippen LogP contribution in [0.4, 0.5) is 0 Å². The van der Waals surface area contributed by atoms with Gasteiger partial charge in [-0.05, 0) is 25.3 Å². The van der Waals surface area contributed by atoms with Crippen LogP contribution in [0.1, 0.15) is 30.4 Å². The minimum Gasteiger partial charge on any atom is -0.382 e. The van der Waals surface area contributed by atoms with E-state index in [0.29, 0.717) is 12.5 Å². The first-order chi connectivity index (χ1) is 11.0. The molecule has 2 aliphatic rings. The molecule has 0 radical (unpaired) electrons. The van der Waals surface area contributed by atoms with Crippen LogP contribution in [0, 0.1) is 6.92 Å². The first kappa shape index (κ1) is 15.5. The molecule has 0 aromatic heterocycles. The summed E-state index contributed by atoms with van der Waals surface area (Å²) in [4.78, 5) is 30.9. The Morgan fingerprint density at radius 2 is 2.09 bits per heavy atom. The van der Waals surface area contributed by atoms with Gasteiger partial charge in [0.05, 0.1) is 12.3 Å². The molecular weight excluding hydrogens is 294 g/mol. The zero-order valence-electron chi connectivity index (χ0n) is 13.4. The summed E-state index contributed by atoms with van der Waals surface area (Å²) in [6, 6.07) is 8.17. The fourth-order valence-corrected chi connectivity index (χ4v) is 2.61.